The Morgan fingerprint density at radius 1 is 0.420 bits per heavy atom. The Labute approximate surface area is 406 Å². The van der Waals surface area contributed by atoms with Crippen LogP contribution in [0.25, 0.3) is 44.3 Å². The first-order valence-corrected chi connectivity index (χ1v) is 24.5. The van der Waals surface area contributed by atoms with E-state index in [0.717, 1.165) is 33.7 Å². The number of nitrogens with zero attached hydrogens (tertiary/aromatic N) is 2. The van der Waals surface area contributed by atoms with E-state index in [9.17, 15) is 0 Å². The van der Waals surface area contributed by atoms with Crippen molar-refractivity contribution in [3.8, 4) is 33.4 Å². The first-order valence-electron chi connectivity index (χ1n) is 24.5. The maximum atomic E-state index is 7.56. The highest BCUT2D eigenvalue weighted by molar-refractivity contribution is 6.93. The number of hydrogen-bond acceptors (Lipinski definition) is 3. The lowest BCUT2D eigenvalue weighted by molar-refractivity contribution is 0.590. The van der Waals surface area contributed by atoms with E-state index in [-0.39, 0.29) is 17.7 Å². The molecule has 0 bridgehead atoms. The highest BCUT2D eigenvalue weighted by Crippen LogP contribution is 2.61. The SMILES string of the molecule is CC(C)(C)c1ccc(N2c3cc(-c4ccccc4)cc4c3B(c3oc5ccc(C(C)(C)C)cc5c32)N2c3ccccc3C(c3ccccc3)(c3ccccc3)c3cccc-4c32)c(-c2ccccc2)c1. The van der Waals surface area contributed by atoms with Gasteiger partial charge in [0.15, 0.2) is 0 Å². The second kappa shape index (κ2) is 15.1. The molecule has 3 aliphatic rings. The molecule has 69 heavy (non-hydrogen) atoms. The van der Waals surface area contributed by atoms with Crippen molar-refractivity contribution in [3.63, 3.8) is 0 Å². The molecule has 0 saturated carbocycles. The van der Waals surface area contributed by atoms with Crippen LogP contribution in [0, 0.1) is 0 Å². The average molecular weight is 889 g/mol. The molecule has 0 atom stereocenters. The zero-order valence-electron chi connectivity index (χ0n) is 40.1. The monoisotopic (exact) mass is 888 g/mol. The predicted octanol–water partition coefficient (Wildman–Crippen LogP) is 15.8. The topological polar surface area (TPSA) is 19.6 Å². The molecule has 0 unspecified atom stereocenters. The predicted molar refractivity (Wildman–Crippen MR) is 290 cm³/mol. The van der Waals surface area contributed by atoms with Crippen LogP contribution in [0.4, 0.5) is 28.4 Å². The summed E-state index contributed by atoms with van der Waals surface area (Å²) < 4.78 is 7.56. The number of fused-ring (bicyclic) bond motifs is 8. The van der Waals surface area contributed by atoms with Crippen LogP contribution in [-0.4, -0.2) is 6.85 Å². The van der Waals surface area contributed by atoms with Crippen molar-refractivity contribution in [3.05, 3.63) is 246 Å². The van der Waals surface area contributed by atoms with Gasteiger partial charge in [0, 0.05) is 33.6 Å². The second-order valence-corrected chi connectivity index (χ2v) is 21.3. The molecule has 0 spiro atoms. The minimum atomic E-state index is -0.614. The summed E-state index contributed by atoms with van der Waals surface area (Å²) in [5.74, 6) is 0. The van der Waals surface area contributed by atoms with Gasteiger partial charge in [-0.3, -0.25) is 0 Å². The van der Waals surface area contributed by atoms with E-state index >= 15 is 0 Å². The van der Waals surface area contributed by atoms with E-state index in [2.05, 4.69) is 264 Å². The molecule has 13 rings (SSSR count). The van der Waals surface area contributed by atoms with Gasteiger partial charge >= 0.3 is 6.85 Å². The van der Waals surface area contributed by atoms with Crippen molar-refractivity contribution in [1.29, 1.82) is 0 Å². The number of para-hydroxylation sites is 2. The van der Waals surface area contributed by atoms with Crippen LogP contribution in [0.15, 0.2) is 217 Å². The van der Waals surface area contributed by atoms with Crippen LogP contribution in [0.5, 0.6) is 0 Å². The summed E-state index contributed by atoms with van der Waals surface area (Å²) in [6, 6.07) is 79.4. The van der Waals surface area contributed by atoms with Gasteiger partial charge in [-0.2, -0.15) is 0 Å². The smallest absolute Gasteiger partial charge is 0.375 e. The van der Waals surface area contributed by atoms with E-state index in [1.165, 1.54) is 83.6 Å². The quantitative estimate of drug-likeness (QED) is 0.161. The van der Waals surface area contributed by atoms with Gasteiger partial charge in [-0.15, -0.1) is 0 Å². The van der Waals surface area contributed by atoms with Crippen LogP contribution < -0.4 is 20.8 Å². The highest BCUT2D eigenvalue weighted by atomic mass is 16.3. The Morgan fingerprint density at radius 2 is 1.00 bits per heavy atom. The fourth-order valence-electron chi connectivity index (χ4n) is 11.9. The zero-order chi connectivity index (χ0) is 46.8. The Hall–Kier alpha value is -7.82. The molecule has 3 nitrogen and oxygen atoms in total. The Morgan fingerprint density at radius 3 is 1.67 bits per heavy atom. The van der Waals surface area contributed by atoms with Gasteiger partial charge in [-0.05, 0) is 114 Å². The van der Waals surface area contributed by atoms with Gasteiger partial charge in [-0.1, -0.05) is 211 Å². The summed E-state index contributed by atoms with van der Waals surface area (Å²) in [6.45, 7) is 13.5. The standard InChI is InChI=1S/C65H53BN2O/c1-63(2,3)47-34-36-55(50(40-47)43-24-13-8-14-25-43)67-57-39-44(42-22-11-7-12-23-42)38-51-49-30-21-32-54-60(49)68(66(59(51)57)62-61(67)52-41-48(64(4,5)6)35-37-58(52)69-62)56-33-20-19-31-53(56)65(54,45-26-15-9-16-27-45)46-28-17-10-18-29-46/h7-41H,1-6H3. The molecule has 0 radical (unpaired) electrons. The molecule has 0 N–H and O–H groups in total. The summed E-state index contributed by atoms with van der Waals surface area (Å²) in [5.41, 5.74) is 22.7. The summed E-state index contributed by atoms with van der Waals surface area (Å²) in [7, 11) is 0. The van der Waals surface area contributed by atoms with Gasteiger partial charge in [-0.25, -0.2) is 0 Å². The molecular weight excluding hydrogens is 836 g/mol. The molecule has 9 aromatic carbocycles. The fourth-order valence-corrected chi connectivity index (χ4v) is 11.9. The normalized spacial score (nSPS) is 14.3. The molecule has 4 heterocycles. The summed E-state index contributed by atoms with van der Waals surface area (Å²) in [6.07, 6.45) is 0. The third kappa shape index (κ3) is 6.07. The van der Waals surface area contributed by atoms with Crippen molar-refractivity contribution in [2.45, 2.75) is 57.8 Å². The molecular formula is C65H53BN2O. The number of furan rings is 1. The number of benzene rings is 9. The van der Waals surface area contributed by atoms with Crippen molar-refractivity contribution >= 4 is 57.4 Å². The Kier molecular flexibility index (Phi) is 9.05. The molecule has 10 aromatic rings. The molecule has 332 valence electrons. The minimum Gasteiger partial charge on any atom is -0.466 e. The van der Waals surface area contributed by atoms with Crippen LogP contribution >= 0.6 is 0 Å². The van der Waals surface area contributed by atoms with Crippen molar-refractivity contribution in [2.75, 3.05) is 9.71 Å². The third-order valence-electron chi connectivity index (χ3n) is 15.2. The number of hydrogen-bond donors (Lipinski definition) is 0. The lowest BCUT2D eigenvalue weighted by Gasteiger charge is -2.52. The molecule has 0 fully saturated rings. The Bertz CT molecular complexity index is 3600. The van der Waals surface area contributed by atoms with E-state index in [1.54, 1.807) is 0 Å². The van der Waals surface area contributed by atoms with Crippen molar-refractivity contribution < 1.29 is 4.42 Å². The minimum absolute atomic E-state index is 0.0612. The van der Waals surface area contributed by atoms with Gasteiger partial charge in [0.05, 0.1) is 16.8 Å². The molecule has 3 aliphatic heterocycles. The van der Waals surface area contributed by atoms with Gasteiger partial charge in [0.2, 0.25) is 0 Å². The second-order valence-electron chi connectivity index (χ2n) is 21.3. The first-order chi connectivity index (χ1) is 33.5. The molecule has 0 aliphatic carbocycles. The lowest BCUT2D eigenvalue weighted by Crippen LogP contribution is -2.62. The van der Waals surface area contributed by atoms with Crippen LogP contribution in [-0.2, 0) is 16.2 Å². The van der Waals surface area contributed by atoms with E-state index in [1.807, 2.05) is 0 Å². The van der Waals surface area contributed by atoms with E-state index in [4.69, 9.17) is 4.42 Å². The van der Waals surface area contributed by atoms with E-state index < -0.39 is 5.41 Å². The number of anilines is 5. The molecule has 0 saturated heterocycles. The van der Waals surface area contributed by atoms with Crippen LogP contribution in [0.3, 0.4) is 0 Å². The Balaban J connectivity index is 1.21. The summed E-state index contributed by atoms with van der Waals surface area (Å²) >= 11 is 0. The maximum absolute atomic E-state index is 7.56. The largest absolute Gasteiger partial charge is 0.466 e. The summed E-state index contributed by atoms with van der Waals surface area (Å²) in [5, 5.41) is 1.11. The average Bonchev–Trinajstić information content (AvgIpc) is 3.76. The lowest BCUT2D eigenvalue weighted by atomic mass is 9.44. The molecule has 1 aromatic heterocycles. The summed E-state index contributed by atoms with van der Waals surface area (Å²) in [4.78, 5) is 5.23. The van der Waals surface area contributed by atoms with Gasteiger partial charge in [0.1, 0.15) is 11.2 Å². The van der Waals surface area contributed by atoms with Crippen molar-refractivity contribution in [1.82, 2.24) is 0 Å². The first kappa shape index (κ1) is 41.4. The van der Waals surface area contributed by atoms with E-state index in [0.29, 0.717) is 0 Å². The third-order valence-corrected chi connectivity index (χ3v) is 15.2. The molecule has 0 amide bonds. The molecule has 4 heteroatoms. The van der Waals surface area contributed by atoms with Crippen molar-refractivity contribution in [2.24, 2.45) is 0 Å². The van der Waals surface area contributed by atoms with Gasteiger partial charge in [0.25, 0.3) is 0 Å². The maximum Gasteiger partial charge on any atom is 0.375 e. The van der Waals surface area contributed by atoms with Crippen LogP contribution in [0.1, 0.15) is 74.9 Å². The fraction of sp³-hybridized carbons (Fsp3) is 0.138. The van der Waals surface area contributed by atoms with Crippen LogP contribution in [0.2, 0.25) is 0 Å². The highest BCUT2D eigenvalue weighted by Gasteiger charge is 2.55. The number of rotatable bonds is 5. The van der Waals surface area contributed by atoms with Gasteiger partial charge < -0.3 is 14.1 Å². The zero-order valence-corrected chi connectivity index (χ0v) is 40.1.